The van der Waals surface area contributed by atoms with Crippen LogP contribution in [-0.2, 0) is 0 Å². The van der Waals surface area contributed by atoms with Crippen molar-refractivity contribution in [1.82, 2.24) is 4.90 Å². The molecule has 0 spiro atoms. The minimum absolute atomic E-state index is 1.27. The van der Waals surface area contributed by atoms with Gasteiger partial charge in [0.05, 0.1) is 0 Å². The Labute approximate surface area is 116 Å². The number of hydrogen-bond acceptors (Lipinski definition) is 2. The second-order valence-electron chi connectivity index (χ2n) is 5.12. The Morgan fingerprint density at radius 1 is 0.889 bits per heavy atom. The van der Waals surface area contributed by atoms with E-state index in [0.29, 0.717) is 0 Å². The highest BCUT2D eigenvalue weighted by Crippen LogP contribution is 2.19. The predicted molar refractivity (Wildman–Crippen MR) is 81.3 cm³/mol. The summed E-state index contributed by atoms with van der Waals surface area (Å²) >= 11 is 1.99. The van der Waals surface area contributed by atoms with Crippen LogP contribution in [0.4, 0.5) is 0 Å². The van der Waals surface area contributed by atoms with Gasteiger partial charge in [0.15, 0.2) is 0 Å². The number of hydrogen-bond donors (Lipinski definition) is 0. The molecule has 0 atom stereocenters. The summed E-state index contributed by atoms with van der Waals surface area (Å²) in [6.45, 7) is 4.02. The maximum Gasteiger partial charge on any atom is 0.00719 e. The van der Waals surface area contributed by atoms with Gasteiger partial charge in [-0.1, -0.05) is 31.0 Å². The quantitative estimate of drug-likeness (QED) is 0.528. The summed E-state index contributed by atoms with van der Waals surface area (Å²) in [6.07, 6.45) is 8.41. The molecule has 1 aromatic carbocycles. The van der Waals surface area contributed by atoms with E-state index in [1.807, 2.05) is 11.8 Å². The van der Waals surface area contributed by atoms with Gasteiger partial charge in [0.2, 0.25) is 0 Å². The topological polar surface area (TPSA) is 3.24 Å². The van der Waals surface area contributed by atoms with E-state index in [9.17, 15) is 0 Å². The highest BCUT2D eigenvalue weighted by molar-refractivity contribution is 7.99. The SMILES string of the molecule is c1ccc(SCCCCCN2CCCCC2)cc1. The molecule has 1 aliphatic rings. The van der Waals surface area contributed by atoms with E-state index >= 15 is 0 Å². The first-order chi connectivity index (χ1) is 8.95. The van der Waals surface area contributed by atoms with E-state index in [1.165, 1.54) is 68.8 Å². The molecule has 0 amide bonds. The molecule has 0 N–H and O–H groups in total. The van der Waals surface area contributed by atoms with Gasteiger partial charge in [-0.2, -0.15) is 0 Å². The Morgan fingerprint density at radius 2 is 1.67 bits per heavy atom. The van der Waals surface area contributed by atoms with Gasteiger partial charge in [0.25, 0.3) is 0 Å². The fourth-order valence-electron chi connectivity index (χ4n) is 2.50. The first-order valence-electron chi connectivity index (χ1n) is 7.35. The maximum atomic E-state index is 2.65. The van der Waals surface area contributed by atoms with Crippen molar-refractivity contribution in [1.29, 1.82) is 0 Å². The van der Waals surface area contributed by atoms with E-state index < -0.39 is 0 Å². The Hall–Kier alpha value is -0.470. The third kappa shape index (κ3) is 5.45. The molecular weight excluding hydrogens is 238 g/mol. The van der Waals surface area contributed by atoms with Crippen molar-refractivity contribution in [2.75, 3.05) is 25.4 Å². The average molecular weight is 263 g/mol. The lowest BCUT2D eigenvalue weighted by Crippen LogP contribution is -2.30. The second kappa shape index (κ2) is 8.60. The van der Waals surface area contributed by atoms with Crippen LogP contribution in [0.15, 0.2) is 35.2 Å². The Bertz CT molecular complexity index is 306. The molecule has 18 heavy (non-hydrogen) atoms. The molecule has 2 heteroatoms. The monoisotopic (exact) mass is 263 g/mol. The molecule has 2 rings (SSSR count). The molecule has 0 saturated carbocycles. The lowest BCUT2D eigenvalue weighted by Gasteiger charge is -2.26. The van der Waals surface area contributed by atoms with E-state index in [4.69, 9.17) is 0 Å². The van der Waals surface area contributed by atoms with Crippen molar-refractivity contribution in [3.63, 3.8) is 0 Å². The summed E-state index contributed by atoms with van der Waals surface area (Å²) in [5.41, 5.74) is 0. The number of benzene rings is 1. The van der Waals surface area contributed by atoms with Gasteiger partial charge in [-0.3, -0.25) is 0 Å². The van der Waals surface area contributed by atoms with Crippen LogP contribution < -0.4 is 0 Å². The number of likely N-dealkylation sites (tertiary alicyclic amines) is 1. The third-order valence-electron chi connectivity index (χ3n) is 3.58. The smallest absolute Gasteiger partial charge is 0.00719 e. The van der Waals surface area contributed by atoms with Gasteiger partial charge in [-0.25, -0.2) is 0 Å². The fraction of sp³-hybridized carbons (Fsp3) is 0.625. The molecule has 0 bridgehead atoms. The number of piperidine rings is 1. The maximum absolute atomic E-state index is 2.65. The number of thioether (sulfide) groups is 1. The molecule has 0 aliphatic carbocycles. The molecule has 1 nitrogen and oxygen atoms in total. The fourth-order valence-corrected chi connectivity index (χ4v) is 3.44. The molecule has 1 saturated heterocycles. The number of rotatable bonds is 7. The minimum Gasteiger partial charge on any atom is -0.303 e. The van der Waals surface area contributed by atoms with Crippen molar-refractivity contribution >= 4 is 11.8 Å². The summed E-state index contributed by atoms with van der Waals surface area (Å²) in [7, 11) is 0. The Balaban J connectivity index is 1.46. The predicted octanol–water partition coefficient (Wildman–Crippen LogP) is 4.43. The molecule has 0 unspecified atom stereocenters. The zero-order valence-electron chi connectivity index (χ0n) is 11.3. The van der Waals surface area contributed by atoms with Crippen molar-refractivity contribution < 1.29 is 0 Å². The molecule has 1 heterocycles. The third-order valence-corrected chi connectivity index (χ3v) is 4.68. The van der Waals surface area contributed by atoms with Crippen LogP contribution in [0.25, 0.3) is 0 Å². The van der Waals surface area contributed by atoms with Crippen LogP contribution in [0.5, 0.6) is 0 Å². The molecule has 0 radical (unpaired) electrons. The molecule has 1 aromatic rings. The van der Waals surface area contributed by atoms with Gasteiger partial charge in [-0.15, -0.1) is 11.8 Å². The summed E-state index contributed by atoms with van der Waals surface area (Å²) in [6, 6.07) is 10.7. The normalized spacial score (nSPS) is 16.9. The standard InChI is InChI=1S/C16H25NS/c1-4-10-16(11-5-1)18-15-9-3-8-14-17-12-6-2-7-13-17/h1,4-5,10-11H,2-3,6-9,12-15H2. The lowest BCUT2D eigenvalue weighted by atomic mass is 10.1. The first-order valence-corrected chi connectivity index (χ1v) is 8.34. The summed E-state index contributed by atoms with van der Waals surface area (Å²) in [5, 5.41) is 0. The average Bonchev–Trinajstić information content (AvgIpc) is 2.45. The molecule has 1 fully saturated rings. The van der Waals surface area contributed by atoms with Crippen LogP contribution in [0.3, 0.4) is 0 Å². The van der Waals surface area contributed by atoms with Crippen molar-refractivity contribution in [2.45, 2.75) is 43.4 Å². The lowest BCUT2D eigenvalue weighted by molar-refractivity contribution is 0.224. The van der Waals surface area contributed by atoms with Crippen LogP contribution in [0.2, 0.25) is 0 Å². The van der Waals surface area contributed by atoms with Crippen LogP contribution >= 0.6 is 11.8 Å². The summed E-state index contributed by atoms with van der Waals surface area (Å²) < 4.78 is 0. The zero-order valence-corrected chi connectivity index (χ0v) is 12.1. The highest BCUT2D eigenvalue weighted by Gasteiger charge is 2.08. The van der Waals surface area contributed by atoms with Crippen LogP contribution in [0, 0.1) is 0 Å². The van der Waals surface area contributed by atoms with Crippen LogP contribution in [-0.4, -0.2) is 30.3 Å². The summed E-state index contributed by atoms with van der Waals surface area (Å²) in [5.74, 6) is 1.27. The minimum atomic E-state index is 1.27. The van der Waals surface area contributed by atoms with Gasteiger partial charge in [-0.05, 0) is 63.2 Å². The van der Waals surface area contributed by atoms with Gasteiger partial charge in [0.1, 0.15) is 0 Å². The largest absolute Gasteiger partial charge is 0.303 e. The molecular formula is C16H25NS. The van der Waals surface area contributed by atoms with Crippen molar-refractivity contribution in [2.24, 2.45) is 0 Å². The van der Waals surface area contributed by atoms with Crippen molar-refractivity contribution in [3.8, 4) is 0 Å². The van der Waals surface area contributed by atoms with Crippen LogP contribution in [0.1, 0.15) is 38.5 Å². The van der Waals surface area contributed by atoms with E-state index in [1.54, 1.807) is 0 Å². The highest BCUT2D eigenvalue weighted by atomic mass is 32.2. The second-order valence-corrected chi connectivity index (χ2v) is 6.29. The number of nitrogens with zero attached hydrogens (tertiary/aromatic N) is 1. The summed E-state index contributed by atoms with van der Waals surface area (Å²) in [4.78, 5) is 4.06. The van der Waals surface area contributed by atoms with Crippen molar-refractivity contribution in [3.05, 3.63) is 30.3 Å². The van der Waals surface area contributed by atoms with E-state index in [-0.39, 0.29) is 0 Å². The van der Waals surface area contributed by atoms with Gasteiger partial charge >= 0.3 is 0 Å². The first kappa shape index (κ1) is 14.0. The molecule has 0 aromatic heterocycles. The zero-order chi connectivity index (χ0) is 12.5. The molecule has 100 valence electrons. The van der Waals surface area contributed by atoms with Gasteiger partial charge < -0.3 is 4.90 Å². The number of unbranched alkanes of at least 4 members (excludes halogenated alkanes) is 2. The Morgan fingerprint density at radius 3 is 2.44 bits per heavy atom. The molecule has 1 aliphatic heterocycles. The van der Waals surface area contributed by atoms with Gasteiger partial charge in [0, 0.05) is 4.90 Å². The Kier molecular flexibility index (Phi) is 6.67. The van der Waals surface area contributed by atoms with E-state index in [2.05, 4.69) is 35.2 Å². The van der Waals surface area contributed by atoms with E-state index in [0.717, 1.165) is 0 Å².